The first-order chi connectivity index (χ1) is 32.8. The van der Waals surface area contributed by atoms with E-state index in [1.165, 1.54) is 12.0 Å². The van der Waals surface area contributed by atoms with Crippen molar-refractivity contribution >= 4 is 29.2 Å². The lowest BCUT2D eigenvalue weighted by atomic mass is 9.77. The Bertz CT molecular complexity index is 2020. The van der Waals surface area contributed by atoms with E-state index in [1.807, 2.05) is 58.1 Å². The zero-order valence-electron chi connectivity index (χ0n) is 42.5. The molecule has 1 saturated carbocycles. The summed E-state index contributed by atoms with van der Waals surface area (Å²) in [5.74, 6) is -7.89. The molecule has 0 spiro atoms. The molecule has 17 nitrogen and oxygen atoms in total. The van der Waals surface area contributed by atoms with Crippen LogP contribution in [0.25, 0.3) is 0 Å². The number of cyclic esters (lactones) is 1. The smallest absolute Gasteiger partial charge is 0.329 e. The topological polar surface area (TPSA) is 219 Å². The van der Waals surface area contributed by atoms with Crippen LogP contribution >= 0.6 is 0 Å². The monoisotopic (exact) mass is 966 g/mol. The Kier molecular flexibility index (Phi) is 20.8. The predicted molar refractivity (Wildman–Crippen MR) is 256 cm³/mol. The number of aliphatic hydroxyl groups is 2. The molecule has 3 aliphatic heterocycles. The number of methoxy groups -OCH3 is 3. The third-order valence-electron chi connectivity index (χ3n) is 15.2. The molecule has 2 N–H and O–H groups in total. The van der Waals surface area contributed by atoms with Crippen molar-refractivity contribution in [2.75, 3.05) is 27.9 Å². The quantitative estimate of drug-likeness (QED) is 0.235. The van der Waals surface area contributed by atoms with Crippen LogP contribution in [-0.2, 0) is 47.7 Å². The van der Waals surface area contributed by atoms with Gasteiger partial charge in [0.15, 0.2) is 11.6 Å². The van der Waals surface area contributed by atoms with Gasteiger partial charge in [0.05, 0.1) is 30.5 Å². The lowest BCUT2D eigenvalue weighted by Crippen LogP contribution is -2.61. The number of amides is 1. The summed E-state index contributed by atoms with van der Waals surface area (Å²) < 4.78 is 31.6. The molecule has 69 heavy (non-hydrogen) atoms. The van der Waals surface area contributed by atoms with E-state index in [-0.39, 0.29) is 60.9 Å². The lowest BCUT2D eigenvalue weighted by Gasteiger charge is -2.42. The van der Waals surface area contributed by atoms with Crippen molar-refractivity contribution in [3.05, 3.63) is 53.9 Å². The number of ether oxygens (including phenoxy) is 5. The molecule has 1 amide bonds. The molecule has 5 rings (SSSR count). The molecule has 4 aliphatic rings. The molecular weight excluding hydrogens is 887 g/mol. The Labute approximate surface area is 408 Å². The maximum absolute atomic E-state index is 14.5. The molecule has 0 radical (unpaired) electrons. The Morgan fingerprint density at radius 2 is 1.65 bits per heavy atom. The summed E-state index contributed by atoms with van der Waals surface area (Å²) in [7, 11) is 4.63. The molecular formula is C52H79N5O12. The van der Waals surface area contributed by atoms with Gasteiger partial charge in [-0.2, -0.15) is 0 Å². The highest BCUT2D eigenvalue weighted by atomic mass is 16.6. The number of Topliss-reactive ketones (excluding diaryl/α,β-unsaturated/α-hetero) is 3. The van der Waals surface area contributed by atoms with Crippen molar-refractivity contribution < 1.29 is 57.9 Å². The largest absolute Gasteiger partial charge is 0.460 e. The van der Waals surface area contributed by atoms with Gasteiger partial charge >= 0.3 is 5.97 Å². The fourth-order valence-corrected chi connectivity index (χ4v) is 10.8. The third-order valence-corrected chi connectivity index (χ3v) is 15.2. The fourth-order valence-electron chi connectivity index (χ4n) is 10.8. The number of carbonyl (C=O) groups is 5. The van der Waals surface area contributed by atoms with E-state index >= 15 is 0 Å². The van der Waals surface area contributed by atoms with E-state index in [1.54, 1.807) is 52.1 Å². The van der Waals surface area contributed by atoms with Gasteiger partial charge in [-0.3, -0.25) is 19.2 Å². The van der Waals surface area contributed by atoms with E-state index in [0.29, 0.717) is 56.9 Å². The maximum atomic E-state index is 14.5. The van der Waals surface area contributed by atoms with Crippen LogP contribution in [0.4, 0.5) is 0 Å². The summed E-state index contributed by atoms with van der Waals surface area (Å²) in [5.41, 5.74) is 1.20. The van der Waals surface area contributed by atoms with Crippen molar-refractivity contribution in [1.82, 2.24) is 25.1 Å². The molecule has 3 fully saturated rings. The highest BCUT2D eigenvalue weighted by Crippen LogP contribution is 2.39. The van der Waals surface area contributed by atoms with Crippen LogP contribution in [0.15, 0.2) is 53.9 Å². The average molecular weight is 966 g/mol. The summed E-state index contributed by atoms with van der Waals surface area (Å²) in [5, 5.41) is 35.2. The molecule has 1 aliphatic carbocycles. The first kappa shape index (κ1) is 55.7. The number of tetrazole rings is 1. The number of fused-ring (bicyclic) bond motifs is 3. The van der Waals surface area contributed by atoms with Gasteiger partial charge in [0, 0.05) is 58.5 Å². The molecule has 2 saturated heterocycles. The second-order valence-corrected chi connectivity index (χ2v) is 20.4. The fraction of sp³-hybridized carbons (Fsp3) is 0.731. The number of esters is 1. The zero-order chi connectivity index (χ0) is 50.6. The summed E-state index contributed by atoms with van der Waals surface area (Å²) >= 11 is 0. The van der Waals surface area contributed by atoms with Crippen LogP contribution in [0.2, 0.25) is 0 Å². The van der Waals surface area contributed by atoms with Gasteiger partial charge in [0.1, 0.15) is 24.6 Å². The zero-order valence-corrected chi connectivity index (χ0v) is 42.5. The van der Waals surface area contributed by atoms with Gasteiger partial charge in [-0.25, -0.2) is 9.48 Å². The standard InChI is InChI=1S/C52H79N5O12/c1-31-16-12-11-13-17-32(2)43(65-8)28-39-21-19-37(7)52(64,69-39)49(61)50(62)56-23-15-14-18-41(56)51(63)68-44(34(4)26-38-20-22-40(45(27-38)66-9)57-30-53-54-55-57)29-42(58)33(3)25-36(6)47(60)48(67-10)46(59)35(5)24-31/h11-13,16-17,25,30-31,34-41,43-45,47-48,60,64H,14-15,18-24,26-29H2,1-10H3/b13-11?,16-12?,32-17?,33-25+/t31-,34-,35?,36?,37-,38?,39+,40+,41?,43+,44+,45?,47-,48?,52?/m1/s1. The van der Waals surface area contributed by atoms with Crippen LogP contribution in [0.5, 0.6) is 0 Å². The Balaban J connectivity index is 1.46. The molecule has 4 heterocycles. The van der Waals surface area contributed by atoms with E-state index < -0.39 is 77.8 Å². The third kappa shape index (κ3) is 14.2. The van der Waals surface area contributed by atoms with Gasteiger partial charge in [0.2, 0.25) is 5.79 Å². The molecule has 2 bridgehead atoms. The number of ketones is 3. The number of aliphatic hydroxyl groups excluding tert-OH is 1. The van der Waals surface area contributed by atoms with Crippen LogP contribution in [0.1, 0.15) is 132 Å². The van der Waals surface area contributed by atoms with Gasteiger partial charge in [-0.1, -0.05) is 71.1 Å². The average Bonchev–Trinajstić information content (AvgIpc) is 3.88. The number of hydrogen-bond acceptors (Lipinski definition) is 15. The van der Waals surface area contributed by atoms with E-state index in [9.17, 15) is 34.2 Å². The highest BCUT2D eigenvalue weighted by molar-refractivity contribution is 6.39. The lowest BCUT2D eigenvalue weighted by molar-refractivity contribution is -0.265. The molecule has 384 valence electrons. The number of hydrogen-bond donors (Lipinski definition) is 2. The van der Waals surface area contributed by atoms with Gasteiger partial charge in [0.25, 0.3) is 11.7 Å². The number of allylic oxidation sites excluding steroid dienone is 6. The summed E-state index contributed by atoms with van der Waals surface area (Å²) in [4.78, 5) is 72.3. The number of nitrogens with zero attached hydrogens (tertiary/aromatic N) is 5. The van der Waals surface area contributed by atoms with Gasteiger partial charge in [-0.15, -0.1) is 5.10 Å². The predicted octanol–water partition coefficient (Wildman–Crippen LogP) is 6.05. The minimum atomic E-state index is -2.43. The highest BCUT2D eigenvalue weighted by Gasteiger charge is 2.53. The summed E-state index contributed by atoms with van der Waals surface area (Å²) in [6.45, 7) is 12.8. The van der Waals surface area contributed by atoms with E-state index in [4.69, 9.17) is 23.7 Å². The van der Waals surface area contributed by atoms with Gasteiger partial charge in [-0.05, 0) is 117 Å². The molecule has 15 atom stereocenters. The number of piperidine rings is 1. The second kappa shape index (κ2) is 25.7. The molecule has 0 aromatic carbocycles. The molecule has 1 aromatic rings. The number of rotatable bonds is 7. The van der Waals surface area contributed by atoms with E-state index in [2.05, 4.69) is 15.5 Å². The van der Waals surface area contributed by atoms with Crippen LogP contribution in [-0.4, -0.2) is 141 Å². The normalized spacial score (nSPS) is 37.1. The molecule has 7 unspecified atom stereocenters. The van der Waals surface area contributed by atoms with Crippen molar-refractivity contribution in [3.8, 4) is 0 Å². The Hall–Kier alpha value is -4.26. The number of carbonyl (C=O) groups excluding carboxylic acids is 5. The van der Waals surface area contributed by atoms with Gasteiger partial charge < -0.3 is 38.8 Å². The molecule has 17 heteroatoms. The SMILES string of the molecule is COC1C(=O)C(C)C[C@H](C)C=CC=CC=C(C)[C@@H](OC)C[C@@H]2CC[C@@H](C)C(O)(O2)C(=O)C(=O)N2CCCCC2C(=O)O[C@H]([C@H](C)CC2CC[C@H](n3cnnn3)C(OC)C2)CC(=O)/C(C)=C/C(C)[C@H]1O. The minimum absolute atomic E-state index is 0.0197. The van der Waals surface area contributed by atoms with Crippen LogP contribution < -0.4 is 0 Å². The van der Waals surface area contributed by atoms with Crippen LogP contribution in [0, 0.1) is 35.5 Å². The first-order valence-electron chi connectivity index (χ1n) is 25.0. The summed E-state index contributed by atoms with van der Waals surface area (Å²) in [6, 6.07) is -1.20. The van der Waals surface area contributed by atoms with E-state index in [0.717, 1.165) is 18.4 Å². The van der Waals surface area contributed by atoms with Crippen molar-refractivity contribution in [2.24, 2.45) is 35.5 Å². The maximum Gasteiger partial charge on any atom is 0.329 e. The Morgan fingerprint density at radius 3 is 2.33 bits per heavy atom. The van der Waals surface area contributed by atoms with Crippen molar-refractivity contribution in [3.63, 3.8) is 0 Å². The van der Waals surface area contributed by atoms with Crippen molar-refractivity contribution in [1.29, 1.82) is 0 Å². The second-order valence-electron chi connectivity index (χ2n) is 20.4. The van der Waals surface area contributed by atoms with Crippen molar-refractivity contribution in [2.45, 2.75) is 180 Å². The minimum Gasteiger partial charge on any atom is -0.460 e. The van der Waals surface area contributed by atoms with Crippen LogP contribution in [0.3, 0.4) is 0 Å². The summed E-state index contributed by atoms with van der Waals surface area (Å²) in [6.07, 6.45) is 14.0. The Morgan fingerprint density at radius 1 is 0.899 bits per heavy atom. The first-order valence-corrected chi connectivity index (χ1v) is 25.0. The molecule has 1 aromatic heterocycles. The number of aromatic nitrogens is 4.